The van der Waals surface area contributed by atoms with Crippen LogP contribution in [0.1, 0.15) is 13.3 Å². The van der Waals surface area contributed by atoms with Crippen LogP contribution in [0.25, 0.3) is 0 Å². The van der Waals surface area contributed by atoms with E-state index in [2.05, 4.69) is 16.5 Å². The molecule has 3 atom stereocenters. The van der Waals surface area contributed by atoms with E-state index in [4.69, 9.17) is 4.74 Å². The largest absolute Gasteiger partial charge is 0.376 e. The number of nitrogens with zero attached hydrogens (tertiary/aromatic N) is 1. The van der Waals surface area contributed by atoms with E-state index in [9.17, 15) is 8.42 Å². The quantitative estimate of drug-likeness (QED) is 0.897. The molecule has 0 aliphatic carbocycles. The highest BCUT2D eigenvalue weighted by atomic mass is 32.2. The molecule has 2 fully saturated rings. The van der Waals surface area contributed by atoms with Crippen molar-refractivity contribution in [1.82, 2.24) is 9.62 Å². The third-order valence-electron chi connectivity index (χ3n) is 3.97. The Bertz CT molecular complexity index is 561. The van der Waals surface area contributed by atoms with Gasteiger partial charge in [-0.15, -0.1) is 0 Å². The first kappa shape index (κ1) is 14.0. The van der Waals surface area contributed by atoms with Gasteiger partial charge in [0, 0.05) is 25.2 Å². The van der Waals surface area contributed by atoms with Crippen molar-refractivity contribution in [2.75, 3.05) is 19.7 Å². The third kappa shape index (κ3) is 2.88. The lowest BCUT2D eigenvalue weighted by Crippen LogP contribution is -2.45. The maximum atomic E-state index is 12.3. The molecule has 0 spiro atoms. The lowest BCUT2D eigenvalue weighted by Gasteiger charge is -2.33. The van der Waals surface area contributed by atoms with Gasteiger partial charge in [0.15, 0.2) is 0 Å². The van der Waals surface area contributed by atoms with Gasteiger partial charge >= 0.3 is 0 Å². The van der Waals surface area contributed by atoms with Crippen LogP contribution in [0.4, 0.5) is 0 Å². The van der Waals surface area contributed by atoms with Gasteiger partial charge in [-0.1, -0.05) is 18.2 Å². The van der Waals surface area contributed by atoms with Gasteiger partial charge in [0.25, 0.3) is 0 Å². The zero-order valence-corrected chi connectivity index (χ0v) is 12.3. The van der Waals surface area contributed by atoms with E-state index in [-0.39, 0.29) is 12.1 Å². The Morgan fingerprint density at radius 2 is 2.00 bits per heavy atom. The second-order valence-electron chi connectivity index (χ2n) is 5.62. The number of nitrogens with one attached hydrogen (secondary N) is 1. The summed E-state index contributed by atoms with van der Waals surface area (Å²) in [6.45, 7) is 4.40. The van der Waals surface area contributed by atoms with Crippen LogP contribution in [0.15, 0.2) is 35.2 Å². The van der Waals surface area contributed by atoms with Crippen LogP contribution in [0.3, 0.4) is 0 Å². The van der Waals surface area contributed by atoms with Gasteiger partial charge in [-0.25, -0.2) is 13.1 Å². The first-order chi connectivity index (χ1) is 9.54. The third-order valence-corrected chi connectivity index (χ3v) is 5.50. The Morgan fingerprint density at radius 1 is 1.25 bits per heavy atom. The molecule has 0 bridgehead atoms. The highest BCUT2D eigenvalue weighted by molar-refractivity contribution is 7.89. The van der Waals surface area contributed by atoms with Crippen LogP contribution < -0.4 is 4.72 Å². The molecule has 110 valence electrons. The normalized spacial score (nSPS) is 31.1. The van der Waals surface area contributed by atoms with Crippen molar-refractivity contribution >= 4 is 10.0 Å². The van der Waals surface area contributed by atoms with Crippen molar-refractivity contribution in [2.24, 2.45) is 0 Å². The molecule has 1 aromatic rings. The molecule has 20 heavy (non-hydrogen) atoms. The zero-order chi connectivity index (χ0) is 14.2. The van der Waals surface area contributed by atoms with E-state index in [1.165, 1.54) is 0 Å². The minimum absolute atomic E-state index is 0.0286. The molecular weight excluding hydrogens is 276 g/mol. The lowest BCUT2D eigenvalue weighted by atomic mass is 10.2. The zero-order valence-electron chi connectivity index (χ0n) is 11.5. The molecule has 1 N–H and O–H groups in total. The standard InChI is InChI=1S/C14H20N2O3S/c1-11-8-16-9-12(7-13(16)10-19-11)15-20(17,18)14-5-3-2-4-6-14/h2-6,11-13,15H,7-10H2,1H3/t11-,12-,13-/m0/s1. The van der Waals surface area contributed by atoms with Gasteiger partial charge in [-0.3, -0.25) is 4.90 Å². The lowest BCUT2D eigenvalue weighted by molar-refractivity contribution is -0.0390. The van der Waals surface area contributed by atoms with Crippen molar-refractivity contribution in [3.63, 3.8) is 0 Å². The second kappa shape index (κ2) is 5.44. The number of fused-ring (bicyclic) bond motifs is 1. The summed E-state index contributed by atoms with van der Waals surface area (Å²) in [6.07, 6.45) is 1.05. The fraction of sp³-hybridized carbons (Fsp3) is 0.571. The van der Waals surface area contributed by atoms with E-state index in [1.807, 2.05) is 6.07 Å². The maximum absolute atomic E-state index is 12.3. The van der Waals surface area contributed by atoms with Crippen LogP contribution in [0.5, 0.6) is 0 Å². The Morgan fingerprint density at radius 3 is 2.75 bits per heavy atom. The Hall–Kier alpha value is -0.950. The van der Waals surface area contributed by atoms with Crippen molar-refractivity contribution < 1.29 is 13.2 Å². The summed E-state index contributed by atoms with van der Waals surface area (Å²) in [7, 11) is -3.42. The molecule has 2 aliphatic heterocycles. The van der Waals surface area contributed by atoms with Gasteiger partial charge in [0.05, 0.1) is 17.6 Å². The van der Waals surface area contributed by atoms with E-state index in [1.54, 1.807) is 24.3 Å². The predicted octanol–water partition coefficient (Wildman–Crippen LogP) is 0.826. The number of ether oxygens (including phenoxy) is 1. The predicted molar refractivity (Wildman–Crippen MR) is 75.9 cm³/mol. The summed E-state index contributed by atoms with van der Waals surface area (Å²) in [5.74, 6) is 0. The number of morpholine rings is 1. The first-order valence-corrected chi connectivity index (χ1v) is 8.46. The molecule has 2 aliphatic rings. The summed E-state index contributed by atoms with van der Waals surface area (Å²) < 4.78 is 33.0. The van der Waals surface area contributed by atoms with Crippen LogP contribution in [-0.4, -0.2) is 51.2 Å². The summed E-state index contributed by atoms with van der Waals surface area (Å²) >= 11 is 0. The number of hydrogen-bond acceptors (Lipinski definition) is 4. The van der Waals surface area contributed by atoms with Crippen LogP contribution in [0.2, 0.25) is 0 Å². The van der Waals surface area contributed by atoms with Crippen molar-refractivity contribution in [3.8, 4) is 0 Å². The van der Waals surface area contributed by atoms with Crippen LogP contribution >= 0.6 is 0 Å². The number of hydrogen-bond donors (Lipinski definition) is 1. The maximum Gasteiger partial charge on any atom is 0.240 e. The molecule has 0 unspecified atom stereocenters. The Kier molecular flexibility index (Phi) is 3.81. The molecule has 3 rings (SSSR count). The van der Waals surface area contributed by atoms with Crippen molar-refractivity contribution in [1.29, 1.82) is 0 Å². The number of rotatable bonds is 3. The molecule has 5 nitrogen and oxygen atoms in total. The first-order valence-electron chi connectivity index (χ1n) is 6.97. The van der Waals surface area contributed by atoms with Crippen molar-refractivity contribution in [3.05, 3.63) is 30.3 Å². The minimum atomic E-state index is -3.42. The highest BCUT2D eigenvalue weighted by Crippen LogP contribution is 2.24. The number of sulfonamides is 1. The van der Waals surface area contributed by atoms with Gasteiger partial charge in [0.1, 0.15) is 0 Å². The smallest absolute Gasteiger partial charge is 0.240 e. The fourth-order valence-corrected chi connectivity index (χ4v) is 4.27. The highest BCUT2D eigenvalue weighted by Gasteiger charge is 2.37. The van der Waals surface area contributed by atoms with E-state index < -0.39 is 10.0 Å². The van der Waals surface area contributed by atoms with E-state index >= 15 is 0 Å². The van der Waals surface area contributed by atoms with Gasteiger partial charge < -0.3 is 4.74 Å². The molecule has 0 aromatic heterocycles. The summed E-state index contributed by atoms with van der Waals surface area (Å²) in [5.41, 5.74) is 0. The van der Waals surface area contributed by atoms with Crippen molar-refractivity contribution in [2.45, 2.75) is 36.4 Å². The van der Waals surface area contributed by atoms with E-state index in [0.717, 1.165) is 19.5 Å². The number of benzene rings is 1. The second-order valence-corrected chi connectivity index (χ2v) is 7.33. The molecule has 6 heteroatoms. The van der Waals surface area contributed by atoms with E-state index in [0.29, 0.717) is 17.5 Å². The average Bonchev–Trinajstić information content (AvgIpc) is 2.80. The molecular formula is C14H20N2O3S. The minimum Gasteiger partial charge on any atom is -0.376 e. The summed E-state index contributed by atoms with van der Waals surface area (Å²) in [4.78, 5) is 2.65. The summed E-state index contributed by atoms with van der Waals surface area (Å²) in [5, 5.41) is 0. The Balaban J connectivity index is 1.67. The monoisotopic (exact) mass is 296 g/mol. The van der Waals surface area contributed by atoms with Gasteiger partial charge in [0.2, 0.25) is 10.0 Å². The van der Waals surface area contributed by atoms with Gasteiger partial charge in [-0.05, 0) is 25.5 Å². The SMILES string of the molecule is C[C@H]1CN2C[C@@H](NS(=O)(=O)c3ccccc3)C[C@H]2CO1. The average molecular weight is 296 g/mol. The molecule has 2 heterocycles. The molecule has 0 saturated carbocycles. The topological polar surface area (TPSA) is 58.6 Å². The summed E-state index contributed by atoms with van der Waals surface area (Å²) in [6, 6.07) is 8.84. The van der Waals surface area contributed by atoms with Crippen LogP contribution in [0, 0.1) is 0 Å². The molecule has 0 amide bonds. The van der Waals surface area contributed by atoms with Gasteiger partial charge in [-0.2, -0.15) is 0 Å². The fourth-order valence-electron chi connectivity index (χ4n) is 3.01. The van der Waals surface area contributed by atoms with Crippen LogP contribution in [-0.2, 0) is 14.8 Å². The Labute approximate surface area is 120 Å². The molecule has 2 saturated heterocycles. The molecule has 0 radical (unpaired) electrons. The molecule has 1 aromatic carbocycles.